The molecule has 112 valence electrons. The van der Waals surface area contributed by atoms with Crippen molar-refractivity contribution in [3.8, 4) is 11.5 Å². The van der Waals surface area contributed by atoms with E-state index in [0.29, 0.717) is 11.5 Å². The fourth-order valence-electron chi connectivity index (χ4n) is 2.72. The largest absolute Gasteiger partial charge is 0.454 e. The Labute approximate surface area is 133 Å². The van der Waals surface area contributed by atoms with E-state index in [9.17, 15) is 4.79 Å². The predicted molar refractivity (Wildman–Crippen MR) is 86.4 cm³/mol. The van der Waals surface area contributed by atoms with Crippen molar-refractivity contribution < 1.29 is 14.3 Å². The number of anilines is 1. The minimum atomic E-state index is 0.00784. The van der Waals surface area contributed by atoms with E-state index in [0.717, 1.165) is 17.0 Å². The highest BCUT2D eigenvalue weighted by Crippen LogP contribution is 2.44. The third-order valence-electron chi connectivity index (χ3n) is 3.86. The number of ether oxygens (including phenoxy) is 2. The zero-order valence-corrected chi connectivity index (χ0v) is 12.9. The minimum absolute atomic E-state index is 0.00784. The van der Waals surface area contributed by atoms with E-state index >= 15 is 0 Å². The molecule has 4 rings (SSSR count). The summed E-state index contributed by atoms with van der Waals surface area (Å²) < 4.78 is 10.8. The van der Waals surface area contributed by atoms with Crippen LogP contribution in [0.15, 0.2) is 42.5 Å². The zero-order chi connectivity index (χ0) is 15.1. The molecule has 1 amide bonds. The van der Waals surface area contributed by atoms with Gasteiger partial charge in [0.15, 0.2) is 11.5 Å². The van der Waals surface area contributed by atoms with Crippen LogP contribution in [0.25, 0.3) is 0 Å². The number of hydrogen-bond donors (Lipinski definition) is 0. The van der Waals surface area contributed by atoms with Gasteiger partial charge in [0, 0.05) is 11.8 Å². The van der Waals surface area contributed by atoms with E-state index in [1.807, 2.05) is 23.1 Å². The average molecular weight is 313 g/mol. The SMILES string of the molecule is Cc1ccc(C2SCC(=O)N2c2ccc3c(c2)OCO3)cc1. The normalized spacial score (nSPS) is 19.8. The van der Waals surface area contributed by atoms with Gasteiger partial charge < -0.3 is 9.47 Å². The van der Waals surface area contributed by atoms with Crippen molar-refractivity contribution in [1.82, 2.24) is 0 Å². The van der Waals surface area contributed by atoms with Gasteiger partial charge in [-0.05, 0) is 24.6 Å². The Morgan fingerprint density at radius 2 is 1.86 bits per heavy atom. The van der Waals surface area contributed by atoms with Gasteiger partial charge in [-0.15, -0.1) is 11.8 Å². The van der Waals surface area contributed by atoms with Gasteiger partial charge in [0.05, 0.1) is 5.75 Å². The van der Waals surface area contributed by atoms with Crippen molar-refractivity contribution in [2.24, 2.45) is 0 Å². The van der Waals surface area contributed by atoms with Crippen molar-refractivity contribution in [1.29, 1.82) is 0 Å². The summed E-state index contributed by atoms with van der Waals surface area (Å²) >= 11 is 1.65. The maximum Gasteiger partial charge on any atom is 0.238 e. The second-order valence-electron chi connectivity index (χ2n) is 5.38. The molecule has 1 unspecified atom stereocenters. The highest BCUT2D eigenvalue weighted by atomic mass is 32.2. The number of thioether (sulfide) groups is 1. The molecule has 1 saturated heterocycles. The maximum absolute atomic E-state index is 12.4. The second kappa shape index (κ2) is 5.25. The summed E-state index contributed by atoms with van der Waals surface area (Å²) in [7, 11) is 0. The van der Waals surface area contributed by atoms with Crippen LogP contribution in [0.3, 0.4) is 0 Å². The van der Waals surface area contributed by atoms with Gasteiger partial charge in [0.2, 0.25) is 12.7 Å². The second-order valence-corrected chi connectivity index (χ2v) is 6.44. The molecule has 0 bridgehead atoms. The number of nitrogens with zero attached hydrogens (tertiary/aromatic N) is 1. The molecule has 0 N–H and O–H groups in total. The quantitative estimate of drug-likeness (QED) is 0.850. The summed E-state index contributed by atoms with van der Waals surface area (Å²) in [5.41, 5.74) is 3.21. The van der Waals surface area contributed by atoms with Crippen LogP contribution < -0.4 is 14.4 Å². The number of amides is 1. The smallest absolute Gasteiger partial charge is 0.238 e. The molecular weight excluding hydrogens is 298 g/mol. The highest BCUT2D eigenvalue weighted by Gasteiger charge is 2.34. The first-order valence-electron chi connectivity index (χ1n) is 7.12. The lowest BCUT2D eigenvalue weighted by Crippen LogP contribution is -2.27. The van der Waals surface area contributed by atoms with Gasteiger partial charge in [-0.25, -0.2) is 0 Å². The van der Waals surface area contributed by atoms with E-state index in [1.54, 1.807) is 11.8 Å². The molecule has 2 aromatic carbocycles. The van der Waals surface area contributed by atoms with Crippen LogP contribution in [-0.2, 0) is 4.79 Å². The van der Waals surface area contributed by atoms with E-state index < -0.39 is 0 Å². The molecule has 5 heteroatoms. The van der Waals surface area contributed by atoms with Crippen LogP contribution in [0.4, 0.5) is 5.69 Å². The fourth-order valence-corrected chi connectivity index (χ4v) is 3.89. The van der Waals surface area contributed by atoms with Crippen LogP contribution in [0, 0.1) is 6.92 Å². The van der Waals surface area contributed by atoms with Crippen LogP contribution in [0.1, 0.15) is 16.5 Å². The lowest BCUT2D eigenvalue weighted by Gasteiger charge is -2.24. The first-order valence-corrected chi connectivity index (χ1v) is 8.17. The van der Waals surface area contributed by atoms with Crippen LogP contribution >= 0.6 is 11.8 Å². The molecule has 1 fully saturated rings. The van der Waals surface area contributed by atoms with E-state index in [4.69, 9.17) is 9.47 Å². The Kier molecular flexibility index (Phi) is 3.22. The van der Waals surface area contributed by atoms with Crippen molar-refractivity contribution in [3.63, 3.8) is 0 Å². The number of hydrogen-bond acceptors (Lipinski definition) is 4. The fraction of sp³-hybridized carbons (Fsp3) is 0.235. The Morgan fingerprint density at radius 3 is 2.68 bits per heavy atom. The van der Waals surface area contributed by atoms with Crippen LogP contribution in [0.2, 0.25) is 0 Å². The first-order chi connectivity index (χ1) is 10.7. The van der Waals surface area contributed by atoms with Gasteiger partial charge in [-0.2, -0.15) is 0 Å². The predicted octanol–water partition coefficient (Wildman–Crippen LogP) is 3.50. The Balaban J connectivity index is 1.71. The van der Waals surface area contributed by atoms with Gasteiger partial charge in [0.25, 0.3) is 0 Å². The number of carbonyl (C=O) groups excluding carboxylic acids is 1. The third-order valence-corrected chi connectivity index (χ3v) is 5.08. The number of aryl methyl sites for hydroxylation is 1. The maximum atomic E-state index is 12.4. The minimum Gasteiger partial charge on any atom is -0.454 e. The van der Waals surface area contributed by atoms with E-state index in [1.165, 1.54) is 5.56 Å². The van der Waals surface area contributed by atoms with Crippen molar-refractivity contribution in [3.05, 3.63) is 53.6 Å². The summed E-state index contributed by atoms with van der Waals surface area (Å²) in [6, 6.07) is 14.0. The lowest BCUT2D eigenvalue weighted by molar-refractivity contribution is -0.115. The Bertz CT molecular complexity index is 729. The standard InChI is InChI=1S/C17H15NO3S/c1-11-2-4-12(5-3-11)17-18(16(19)9-22-17)13-6-7-14-15(8-13)21-10-20-14/h2-8,17H,9-10H2,1H3. The van der Waals surface area contributed by atoms with Crippen LogP contribution in [-0.4, -0.2) is 18.5 Å². The molecule has 2 aliphatic rings. The molecule has 1 atom stereocenters. The summed E-state index contributed by atoms with van der Waals surface area (Å²) in [6.45, 7) is 2.30. The lowest BCUT2D eigenvalue weighted by atomic mass is 10.1. The highest BCUT2D eigenvalue weighted by molar-refractivity contribution is 8.00. The van der Waals surface area contributed by atoms with Crippen molar-refractivity contribution >= 4 is 23.4 Å². The average Bonchev–Trinajstić information content (AvgIpc) is 3.13. The number of rotatable bonds is 2. The molecule has 0 aliphatic carbocycles. The molecular formula is C17H15NO3S. The molecule has 0 radical (unpaired) electrons. The van der Waals surface area contributed by atoms with E-state index in [-0.39, 0.29) is 18.1 Å². The summed E-state index contributed by atoms with van der Waals surface area (Å²) in [5, 5.41) is 0.00784. The van der Waals surface area contributed by atoms with Gasteiger partial charge >= 0.3 is 0 Å². The molecule has 0 spiro atoms. The van der Waals surface area contributed by atoms with Gasteiger partial charge in [-0.3, -0.25) is 9.69 Å². The molecule has 22 heavy (non-hydrogen) atoms. The summed E-state index contributed by atoms with van der Waals surface area (Å²) in [6.07, 6.45) is 0. The van der Waals surface area contributed by atoms with Crippen molar-refractivity contribution in [2.45, 2.75) is 12.3 Å². The van der Waals surface area contributed by atoms with Gasteiger partial charge in [-0.1, -0.05) is 29.8 Å². The molecule has 0 saturated carbocycles. The Morgan fingerprint density at radius 1 is 1.09 bits per heavy atom. The zero-order valence-electron chi connectivity index (χ0n) is 12.1. The van der Waals surface area contributed by atoms with Crippen LogP contribution in [0.5, 0.6) is 11.5 Å². The topological polar surface area (TPSA) is 38.8 Å². The molecule has 2 aliphatic heterocycles. The van der Waals surface area contributed by atoms with E-state index in [2.05, 4.69) is 31.2 Å². The van der Waals surface area contributed by atoms with Gasteiger partial charge in [0.1, 0.15) is 5.37 Å². The number of fused-ring (bicyclic) bond motifs is 1. The number of benzene rings is 2. The van der Waals surface area contributed by atoms with Crippen molar-refractivity contribution in [2.75, 3.05) is 17.4 Å². The Hall–Kier alpha value is -2.14. The molecule has 0 aromatic heterocycles. The molecule has 2 aromatic rings. The first kappa shape index (κ1) is 13.5. The summed E-state index contributed by atoms with van der Waals surface area (Å²) in [5.74, 6) is 2.04. The monoisotopic (exact) mass is 313 g/mol. The third kappa shape index (κ3) is 2.22. The molecule has 4 nitrogen and oxygen atoms in total. The number of carbonyl (C=O) groups is 1. The summed E-state index contributed by atoms with van der Waals surface area (Å²) in [4.78, 5) is 14.2. The molecule has 2 heterocycles.